The summed E-state index contributed by atoms with van der Waals surface area (Å²) in [5, 5.41) is 0. The van der Waals surface area contributed by atoms with E-state index in [1.165, 1.54) is 0 Å². The summed E-state index contributed by atoms with van der Waals surface area (Å²) in [6, 6.07) is -0.480. The Hall–Kier alpha value is -1.62. The Morgan fingerprint density at radius 2 is 0.750 bits per heavy atom. The van der Waals surface area contributed by atoms with Gasteiger partial charge in [-0.1, -0.05) is 27.7 Å². The number of carbonyl (C=O) groups is 2. The number of rotatable bonds is 16. The number of carbonyl (C=O) groups excluding carboxylic acids is 2. The molecule has 4 amide bonds. The van der Waals surface area contributed by atoms with Crippen LogP contribution in [0.25, 0.3) is 0 Å². The van der Waals surface area contributed by atoms with Crippen LogP contribution in [0.5, 0.6) is 0 Å². The lowest BCUT2D eigenvalue weighted by Crippen LogP contribution is -2.65. The molecule has 0 N–H and O–H groups in total. The summed E-state index contributed by atoms with van der Waals surface area (Å²) in [7, 11) is 0. The average Bonchev–Trinajstić information content (AvgIpc) is 3.03. The van der Waals surface area contributed by atoms with Crippen molar-refractivity contribution < 1.29 is 28.5 Å². The summed E-state index contributed by atoms with van der Waals surface area (Å²) in [5.74, 6) is 0. The van der Waals surface area contributed by atoms with Gasteiger partial charge in [-0.05, 0) is 39.5 Å². The molecule has 0 unspecified atom stereocenters. The molecule has 0 aromatic rings. The first-order valence-electron chi connectivity index (χ1n) is 11.8. The molecule has 10 heteroatoms. The fourth-order valence-electron chi connectivity index (χ4n) is 4.27. The zero-order valence-electron chi connectivity index (χ0n) is 20.7. The van der Waals surface area contributed by atoms with Crippen LogP contribution >= 0.6 is 0 Å². The first-order valence-corrected chi connectivity index (χ1v) is 11.8. The van der Waals surface area contributed by atoms with Crippen LogP contribution in [0.3, 0.4) is 0 Å². The maximum absolute atomic E-state index is 13.6. The minimum Gasteiger partial charge on any atom is -0.361 e. The molecule has 0 saturated carbocycles. The third kappa shape index (κ3) is 4.69. The number of hydrogen-bond donors (Lipinski definition) is 0. The van der Waals surface area contributed by atoms with E-state index in [2.05, 4.69) is 0 Å². The van der Waals surface area contributed by atoms with Crippen molar-refractivity contribution in [3.05, 3.63) is 0 Å². The molecule has 2 saturated heterocycles. The zero-order chi connectivity index (χ0) is 23.8. The highest BCUT2D eigenvalue weighted by Crippen LogP contribution is 2.51. The summed E-state index contributed by atoms with van der Waals surface area (Å²) < 4.78 is 23.1. The standard InChI is InChI=1S/C22H42N4O6/c1-7-11-29-15-23-19(27)24(16-30-12-8-2)22(6)21(23,5)25(17-31-13-9-3)20(28)26(22)18-32-14-10-4/h7-18H2,1-6H3. The van der Waals surface area contributed by atoms with Gasteiger partial charge in [-0.25, -0.2) is 9.59 Å². The number of ether oxygens (including phenoxy) is 4. The first kappa shape index (κ1) is 26.6. The molecule has 0 radical (unpaired) electrons. The summed E-state index contributed by atoms with van der Waals surface area (Å²) in [5.41, 5.74) is -2.07. The second-order valence-corrected chi connectivity index (χ2v) is 8.47. The summed E-state index contributed by atoms with van der Waals surface area (Å²) >= 11 is 0. The van der Waals surface area contributed by atoms with Gasteiger partial charge < -0.3 is 18.9 Å². The van der Waals surface area contributed by atoms with Gasteiger partial charge >= 0.3 is 12.1 Å². The lowest BCUT2D eigenvalue weighted by atomic mass is 9.96. The molecule has 0 spiro atoms. The van der Waals surface area contributed by atoms with Crippen LogP contribution < -0.4 is 0 Å². The van der Waals surface area contributed by atoms with Crippen molar-refractivity contribution in [1.29, 1.82) is 0 Å². The Labute approximate surface area is 192 Å². The topological polar surface area (TPSA) is 84.0 Å². The number of urea groups is 2. The monoisotopic (exact) mass is 458 g/mol. The van der Waals surface area contributed by atoms with E-state index in [0.29, 0.717) is 26.4 Å². The van der Waals surface area contributed by atoms with Crippen molar-refractivity contribution in [2.45, 2.75) is 78.6 Å². The SMILES string of the molecule is CCCOCN1C(=O)N(COCCC)C2(C)N(COCCC)C(=O)N(COCCC)C12C. The smallest absolute Gasteiger partial charge is 0.327 e. The Bertz CT molecular complexity index is 527. The minimum atomic E-state index is -1.03. The third-order valence-corrected chi connectivity index (χ3v) is 6.20. The molecule has 0 atom stereocenters. The van der Waals surface area contributed by atoms with Crippen molar-refractivity contribution >= 4 is 12.1 Å². The Kier molecular flexibility index (Phi) is 10.00. The molecule has 2 heterocycles. The van der Waals surface area contributed by atoms with Crippen LogP contribution in [0.2, 0.25) is 0 Å². The van der Waals surface area contributed by atoms with Crippen molar-refractivity contribution in [2.75, 3.05) is 53.4 Å². The van der Waals surface area contributed by atoms with Gasteiger partial charge in [0, 0.05) is 26.4 Å². The molecule has 2 rings (SSSR count). The second kappa shape index (κ2) is 12.0. The second-order valence-electron chi connectivity index (χ2n) is 8.47. The summed E-state index contributed by atoms with van der Waals surface area (Å²) in [6.07, 6.45) is 3.33. The van der Waals surface area contributed by atoms with Gasteiger partial charge in [0.15, 0.2) is 11.3 Å². The molecule has 0 bridgehead atoms. The predicted molar refractivity (Wildman–Crippen MR) is 119 cm³/mol. The summed E-state index contributed by atoms with van der Waals surface area (Å²) in [6.45, 7) is 14.2. The van der Waals surface area contributed by atoms with Crippen LogP contribution in [0.4, 0.5) is 9.59 Å². The van der Waals surface area contributed by atoms with Crippen LogP contribution in [-0.4, -0.2) is 96.3 Å². The van der Waals surface area contributed by atoms with E-state index in [1.54, 1.807) is 19.6 Å². The highest BCUT2D eigenvalue weighted by Gasteiger charge is 2.74. The highest BCUT2D eigenvalue weighted by atomic mass is 16.5. The van der Waals surface area contributed by atoms with Gasteiger partial charge in [-0.2, -0.15) is 0 Å². The maximum atomic E-state index is 13.6. The quantitative estimate of drug-likeness (QED) is 0.330. The first-order chi connectivity index (χ1) is 15.4. The Morgan fingerprint density at radius 3 is 0.938 bits per heavy atom. The number of nitrogens with zero attached hydrogens (tertiary/aromatic N) is 4. The summed E-state index contributed by atoms with van der Waals surface area (Å²) in [4.78, 5) is 33.7. The number of fused-ring (bicyclic) bond motifs is 1. The minimum absolute atomic E-state index is 0.0737. The zero-order valence-corrected chi connectivity index (χ0v) is 20.7. The third-order valence-electron chi connectivity index (χ3n) is 6.20. The van der Waals surface area contributed by atoms with Gasteiger partial charge in [-0.15, -0.1) is 0 Å². The van der Waals surface area contributed by atoms with Crippen molar-refractivity contribution in [1.82, 2.24) is 19.6 Å². The Balaban J connectivity index is 2.47. The van der Waals surface area contributed by atoms with Crippen molar-refractivity contribution in [2.24, 2.45) is 0 Å². The molecular formula is C22H42N4O6. The highest BCUT2D eigenvalue weighted by molar-refractivity contribution is 5.88. The van der Waals surface area contributed by atoms with Crippen LogP contribution in [0.15, 0.2) is 0 Å². The van der Waals surface area contributed by atoms with Crippen LogP contribution in [-0.2, 0) is 18.9 Å². The molecule has 0 aliphatic carbocycles. The molecule has 2 aliphatic rings. The number of hydrogen-bond acceptors (Lipinski definition) is 6. The molecular weight excluding hydrogens is 416 g/mol. The van der Waals surface area contributed by atoms with Gasteiger partial charge in [0.1, 0.15) is 26.9 Å². The molecule has 186 valence electrons. The lowest BCUT2D eigenvalue weighted by molar-refractivity contribution is -0.126. The predicted octanol–water partition coefficient (Wildman–Crippen LogP) is 3.43. The average molecular weight is 459 g/mol. The molecule has 32 heavy (non-hydrogen) atoms. The molecule has 0 aromatic carbocycles. The van der Waals surface area contributed by atoms with E-state index in [1.807, 2.05) is 41.5 Å². The van der Waals surface area contributed by atoms with Gasteiger partial charge in [0.2, 0.25) is 0 Å². The van der Waals surface area contributed by atoms with Crippen molar-refractivity contribution in [3.63, 3.8) is 0 Å². The van der Waals surface area contributed by atoms with E-state index >= 15 is 0 Å². The van der Waals surface area contributed by atoms with E-state index < -0.39 is 11.3 Å². The molecule has 2 fully saturated rings. The Morgan fingerprint density at radius 1 is 0.531 bits per heavy atom. The van der Waals surface area contributed by atoms with E-state index in [-0.39, 0.29) is 39.0 Å². The normalized spacial score (nSPS) is 25.4. The van der Waals surface area contributed by atoms with Gasteiger partial charge in [-0.3, -0.25) is 19.6 Å². The largest absolute Gasteiger partial charge is 0.361 e. The van der Waals surface area contributed by atoms with Crippen LogP contribution in [0.1, 0.15) is 67.2 Å². The van der Waals surface area contributed by atoms with E-state index in [4.69, 9.17) is 18.9 Å². The molecule has 2 aliphatic heterocycles. The fraction of sp³-hybridized carbons (Fsp3) is 0.909. The van der Waals surface area contributed by atoms with Gasteiger partial charge in [0.05, 0.1) is 0 Å². The number of amides is 4. The fourth-order valence-corrected chi connectivity index (χ4v) is 4.27. The van der Waals surface area contributed by atoms with Crippen molar-refractivity contribution in [3.8, 4) is 0 Å². The molecule has 0 aromatic heterocycles. The van der Waals surface area contributed by atoms with Gasteiger partial charge in [0.25, 0.3) is 0 Å². The maximum Gasteiger partial charge on any atom is 0.327 e. The van der Waals surface area contributed by atoms with E-state index in [0.717, 1.165) is 25.7 Å². The van der Waals surface area contributed by atoms with E-state index in [9.17, 15) is 9.59 Å². The van der Waals surface area contributed by atoms with Crippen LogP contribution in [0, 0.1) is 0 Å². The lowest BCUT2D eigenvalue weighted by Gasteiger charge is -2.45. The molecule has 10 nitrogen and oxygen atoms in total.